The third-order valence-corrected chi connectivity index (χ3v) is 3.05. The molecule has 0 fully saturated rings. The van der Waals surface area contributed by atoms with Gasteiger partial charge in [0.15, 0.2) is 0 Å². The van der Waals surface area contributed by atoms with Crippen LogP contribution in [0.15, 0.2) is 30.5 Å². The van der Waals surface area contributed by atoms with Crippen LogP contribution in [0.3, 0.4) is 0 Å². The predicted molar refractivity (Wildman–Crippen MR) is 79.3 cm³/mol. The van der Waals surface area contributed by atoms with Crippen LogP contribution in [0.2, 0.25) is 0 Å². The van der Waals surface area contributed by atoms with E-state index >= 15 is 0 Å². The van der Waals surface area contributed by atoms with Gasteiger partial charge in [-0.1, -0.05) is 17.3 Å². The number of methoxy groups -OCH3 is 1. The topological polar surface area (TPSA) is 78.6 Å². The van der Waals surface area contributed by atoms with Gasteiger partial charge in [-0.05, 0) is 24.6 Å². The maximum atomic E-state index is 9.01. The van der Waals surface area contributed by atoms with Crippen LogP contribution < -0.4 is 4.74 Å². The average molecular weight is 307 g/mol. The second kappa shape index (κ2) is 8.47. The summed E-state index contributed by atoms with van der Waals surface area (Å²) in [7, 11) is 1.63. The van der Waals surface area contributed by atoms with Gasteiger partial charge in [0.05, 0.1) is 26.0 Å². The predicted octanol–water partition coefficient (Wildman–Crippen LogP) is 1.53. The molecule has 1 aromatic heterocycles. The Bertz CT molecular complexity index is 556. The number of benzene rings is 1. The fourth-order valence-electron chi connectivity index (χ4n) is 1.80. The van der Waals surface area contributed by atoms with E-state index in [2.05, 4.69) is 10.3 Å². The van der Waals surface area contributed by atoms with Crippen molar-refractivity contribution in [2.24, 2.45) is 0 Å². The van der Waals surface area contributed by atoms with Crippen molar-refractivity contribution >= 4 is 0 Å². The second-order valence-corrected chi connectivity index (χ2v) is 4.78. The van der Waals surface area contributed by atoms with Crippen molar-refractivity contribution in [3.8, 4) is 5.75 Å². The lowest BCUT2D eigenvalue weighted by atomic mass is 10.2. The van der Waals surface area contributed by atoms with Crippen LogP contribution in [-0.2, 0) is 22.8 Å². The molecule has 2 aromatic rings. The molecule has 7 nitrogen and oxygen atoms in total. The summed E-state index contributed by atoms with van der Waals surface area (Å²) in [5, 5.41) is 17.1. The van der Waals surface area contributed by atoms with Gasteiger partial charge >= 0.3 is 0 Å². The van der Waals surface area contributed by atoms with Crippen molar-refractivity contribution in [2.45, 2.75) is 26.4 Å². The smallest absolute Gasteiger partial charge is 0.141 e. The van der Waals surface area contributed by atoms with Crippen LogP contribution in [-0.4, -0.2) is 40.4 Å². The monoisotopic (exact) mass is 307 g/mol. The third-order valence-electron chi connectivity index (χ3n) is 3.05. The van der Waals surface area contributed by atoms with E-state index in [9.17, 15) is 0 Å². The SMILES string of the molecule is COCCOCn1cc(C(C)Oc2ccc(CO)cc2)nn1. The summed E-state index contributed by atoms with van der Waals surface area (Å²) in [6.07, 6.45) is 1.56. The largest absolute Gasteiger partial charge is 0.484 e. The minimum absolute atomic E-state index is 0.0211. The molecule has 0 aliphatic carbocycles. The van der Waals surface area contributed by atoms with Crippen LogP contribution in [0.1, 0.15) is 24.3 Å². The van der Waals surface area contributed by atoms with Crippen molar-refractivity contribution in [2.75, 3.05) is 20.3 Å². The fourth-order valence-corrected chi connectivity index (χ4v) is 1.80. The highest BCUT2D eigenvalue weighted by molar-refractivity contribution is 5.27. The van der Waals surface area contributed by atoms with E-state index in [1.165, 1.54) is 0 Å². The lowest BCUT2D eigenvalue weighted by Crippen LogP contribution is -2.07. The van der Waals surface area contributed by atoms with Crippen molar-refractivity contribution in [3.63, 3.8) is 0 Å². The number of rotatable bonds is 9. The normalized spacial score (nSPS) is 12.3. The van der Waals surface area contributed by atoms with E-state index in [1.54, 1.807) is 18.0 Å². The van der Waals surface area contributed by atoms with Crippen LogP contribution in [0.25, 0.3) is 0 Å². The molecule has 1 aromatic carbocycles. The first kappa shape index (κ1) is 16.4. The Morgan fingerprint density at radius 2 is 2.00 bits per heavy atom. The molecule has 0 saturated heterocycles. The Labute approximate surface area is 129 Å². The maximum Gasteiger partial charge on any atom is 0.141 e. The van der Waals surface area contributed by atoms with Gasteiger partial charge < -0.3 is 19.3 Å². The highest BCUT2D eigenvalue weighted by Gasteiger charge is 2.12. The van der Waals surface area contributed by atoms with E-state index in [0.29, 0.717) is 19.9 Å². The Balaban J connectivity index is 1.86. The first-order valence-electron chi connectivity index (χ1n) is 7.06. The molecule has 0 radical (unpaired) electrons. The van der Waals surface area contributed by atoms with Crippen LogP contribution >= 0.6 is 0 Å². The first-order valence-corrected chi connectivity index (χ1v) is 7.06. The summed E-state index contributed by atoms with van der Waals surface area (Å²) in [6.45, 7) is 3.31. The third kappa shape index (κ3) is 4.80. The van der Waals surface area contributed by atoms with Gasteiger partial charge in [0, 0.05) is 7.11 Å². The quantitative estimate of drug-likeness (QED) is 0.708. The molecule has 1 unspecified atom stereocenters. The molecule has 2 rings (SSSR count). The summed E-state index contributed by atoms with van der Waals surface area (Å²) in [4.78, 5) is 0. The lowest BCUT2D eigenvalue weighted by molar-refractivity contribution is 0.0280. The molecular formula is C15H21N3O4. The van der Waals surface area contributed by atoms with Gasteiger partial charge in [-0.25, -0.2) is 4.68 Å². The van der Waals surface area contributed by atoms with E-state index < -0.39 is 0 Å². The van der Waals surface area contributed by atoms with Crippen molar-refractivity contribution in [3.05, 3.63) is 41.7 Å². The van der Waals surface area contributed by atoms with Gasteiger partial charge in [0.2, 0.25) is 0 Å². The molecule has 0 aliphatic heterocycles. The Morgan fingerprint density at radius 1 is 1.23 bits per heavy atom. The van der Waals surface area contributed by atoms with Crippen LogP contribution in [0.4, 0.5) is 0 Å². The summed E-state index contributed by atoms with van der Waals surface area (Å²) < 4.78 is 17.7. The van der Waals surface area contributed by atoms with Gasteiger partial charge in [0.25, 0.3) is 0 Å². The van der Waals surface area contributed by atoms with Crippen LogP contribution in [0, 0.1) is 0 Å². The van der Waals surface area contributed by atoms with Gasteiger partial charge in [-0.15, -0.1) is 5.10 Å². The Morgan fingerprint density at radius 3 is 2.68 bits per heavy atom. The molecule has 0 spiro atoms. The van der Waals surface area contributed by atoms with Gasteiger partial charge in [-0.2, -0.15) is 0 Å². The molecule has 22 heavy (non-hydrogen) atoms. The zero-order valence-corrected chi connectivity index (χ0v) is 12.8. The van der Waals surface area contributed by atoms with Gasteiger partial charge in [-0.3, -0.25) is 0 Å². The average Bonchev–Trinajstić information content (AvgIpc) is 3.01. The summed E-state index contributed by atoms with van der Waals surface area (Å²) >= 11 is 0. The van der Waals surface area contributed by atoms with E-state index in [4.69, 9.17) is 19.3 Å². The van der Waals surface area contributed by atoms with Crippen molar-refractivity contribution in [1.29, 1.82) is 0 Å². The highest BCUT2D eigenvalue weighted by atomic mass is 16.5. The molecule has 7 heteroatoms. The van der Waals surface area contributed by atoms with Crippen molar-refractivity contribution in [1.82, 2.24) is 15.0 Å². The first-order chi connectivity index (χ1) is 10.7. The molecule has 1 heterocycles. The number of hydrogen-bond donors (Lipinski definition) is 1. The van der Waals surface area contributed by atoms with Crippen LogP contribution in [0.5, 0.6) is 5.75 Å². The number of ether oxygens (including phenoxy) is 3. The molecule has 0 bridgehead atoms. The number of nitrogens with zero attached hydrogens (tertiary/aromatic N) is 3. The molecule has 0 aliphatic rings. The zero-order valence-electron chi connectivity index (χ0n) is 12.8. The minimum atomic E-state index is -0.229. The fraction of sp³-hybridized carbons (Fsp3) is 0.467. The molecule has 1 N–H and O–H groups in total. The maximum absolute atomic E-state index is 9.01. The summed E-state index contributed by atoms with van der Waals surface area (Å²) in [6, 6.07) is 7.28. The number of aromatic nitrogens is 3. The van der Waals surface area contributed by atoms with E-state index in [0.717, 1.165) is 17.0 Å². The second-order valence-electron chi connectivity index (χ2n) is 4.78. The molecule has 120 valence electrons. The Hall–Kier alpha value is -1.96. The van der Waals surface area contributed by atoms with Gasteiger partial charge in [0.1, 0.15) is 24.3 Å². The zero-order chi connectivity index (χ0) is 15.8. The lowest BCUT2D eigenvalue weighted by Gasteiger charge is -2.12. The van der Waals surface area contributed by atoms with E-state index in [1.807, 2.05) is 31.2 Å². The highest BCUT2D eigenvalue weighted by Crippen LogP contribution is 2.20. The molecule has 0 amide bonds. The number of aliphatic hydroxyl groups excluding tert-OH is 1. The standard InChI is InChI=1S/C15H21N3O4/c1-12(22-14-5-3-13(10-19)4-6-14)15-9-18(17-16-15)11-21-8-7-20-2/h3-6,9,12,19H,7-8,10-11H2,1-2H3. The molecular weight excluding hydrogens is 286 g/mol. The summed E-state index contributed by atoms with van der Waals surface area (Å²) in [5.74, 6) is 0.718. The molecule has 1 atom stereocenters. The number of aliphatic hydroxyl groups is 1. The molecule has 0 saturated carbocycles. The minimum Gasteiger partial charge on any atom is -0.484 e. The van der Waals surface area contributed by atoms with E-state index in [-0.39, 0.29) is 12.7 Å². The van der Waals surface area contributed by atoms with Crippen molar-refractivity contribution < 1.29 is 19.3 Å². The number of hydrogen-bond acceptors (Lipinski definition) is 6. The Kier molecular flexibility index (Phi) is 6.32. The summed E-state index contributed by atoms with van der Waals surface area (Å²) in [5.41, 5.74) is 1.57.